The van der Waals surface area contributed by atoms with Gasteiger partial charge in [-0.25, -0.2) is 0 Å². The normalized spacial score (nSPS) is 16.9. The van der Waals surface area contributed by atoms with Gasteiger partial charge in [-0.2, -0.15) is 0 Å². The van der Waals surface area contributed by atoms with Gasteiger partial charge in [-0.05, 0) is 17.7 Å². The van der Waals surface area contributed by atoms with Crippen molar-refractivity contribution >= 4 is 17.5 Å². The first-order valence-electron chi connectivity index (χ1n) is 5.02. The fraction of sp³-hybridized carbons (Fsp3) is 0.0714. The standard InChI is InChI=1S/C14H13N/c1-2-12-8-6-7-11-14(12)15-13-9-4-3-5-10-13/h2-9,11H,1,10H2. The van der Waals surface area contributed by atoms with Gasteiger partial charge < -0.3 is 0 Å². The van der Waals surface area contributed by atoms with E-state index in [-0.39, 0.29) is 0 Å². The van der Waals surface area contributed by atoms with E-state index in [0.29, 0.717) is 0 Å². The Balaban J connectivity index is 2.34. The van der Waals surface area contributed by atoms with Gasteiger partial charge in [0.1, 0.15) is 0 Å². The summed E-state index contributed by atoms with van der Waals surface area (Å²) < 4.78 is 0. The quantitative estimate of drug-likeness (QED) is 0.678. The molecule has 1 aromatic rings. The number of benzene rings is 1. The highest BCUT2D eigenvalue weighted by atomic mass is 14.7. The van der Waals surface area contributed by atoms with Crippen LogP contribution >= 0.6 is 0 Å². The van der Waals surface area contributed by atoms with Crippen LogP contribution in [0.4, 0.5) is 5.69 Å². The Bertz CT molecular complexity index is 450. The summed E-state index contributed by atoms with van der Waals surface area (Å²) in [5, 5.41) is 0. The molecule has 0 atom stereocenters. The van der Waals surface area contributed by atoms with E-state index in [2.05, 4.69) is 17.6 Å². The van der Waals surface area contributed by atoms with E-state index in [1.807, 2.05) is 48.6 Å². The summed E-state index contributed by atoms with van der Waals surface area (Å²) in [5.41, 5.74) is 3.15. The third-order valence-electron chi connectivity index (χ3n) is 2.28. The SMILES string of the molecule is C=Cc1ccccc1N=C1C=CC=CC1. The van der Waals surface area contributed by atoms with Crippen LogP contribution in [0.5, 0.6) is 0 Å². The number of rotatable bonds is 2. The largest absolute Gasteiger partial charge is 0.253 e. The van der Waals surface area contributed by atoms with Gasteiger partial charge in [0.2, 0.25) is 0 Å². The fourth-order valence-corrected chi connectivity index (χ4v) is 1.50. The second-order valence-electron chi connectivity index (χ2n) is 3.36. The number of aliphatic imine (C=N–C) groups is 1. The van der Waals surface area contributed by atoms with Crippen molar-refractivity contribution in [2.75, 3.05) is 0 Å². The highest BCUT2D eigenvalue weighted by Gasteiger charge is 1.99. The van der Waals surface area contributed by atoms with Gasteiger partial charge in [0, 0.05) is 12.1 Å². The predicted octanol–water partition coefficient (Wildman–Crippen LogP) is 3.92. The molecule has 74 valence electrons. The fourth-order valence-electron chi connectivity index (χ4n) is 1.50. The first kappa shape index (κ1) is 9.66. The van der Waals surface area contributed by atoms with Crippen LogP contribution in [-0.2, 0) is 0 Å². The van der Waals surface area contributed by atoms with Crippen LogP contribution in [0, 0.1) is 0 Å². The Morgan fingerprint density at radius 2 is 2.07 bits per heavy atom. The van der Waals surface area contributed by atoms with Crippen LogP contribution in [0.1, 0.15) is 12.0 Å². The molecule has 1 aliphatic carbocycles. The highest BCUT2D eigenvalue weighted by Crippen LogP contribution is 2.20. The molecule has 0 heterocycles. The molecule has 1 aromatic carbocycles. The van der Waals surface area contributed by atoms with Crippen LogP contribution in [0.15, 0.2) is 60.1 Å². The lowest BCUT2D eigenvalue weighted by Crippen LogP contribution is -1.93. The topological polar surface area (TPSA) is 12.4 Å². The van der Waals surface area contributed by atoms with Crippen LogP contribution in [-0.4, -0.2) is 5.71 Å². The van der Waals surface area contributed by atoms with Crippen LogP contribution in [0.3, 0.4) is 0 Å². The van der Waals surface area contributed by atoms with Crippen molar-refractivity contribution in [2.24, 2.45) is 4.99 Å². The average Bonchev–Trinajstić information content (AvgIpc) is 2.31. The minimum absolute atomic E-state index is 0.905. The van der Waals surface area contributed by atoms with Gasteiger partial charge in [0.05, 0.1) is 5.69 Å². The van der Waals surface area contributed by atoms with Gasteiger partial charge in [0.15, 0.2) is 0 Å². The van der Waals surface area contributed by atoms with E-state index in [4.69, 9.17) is 0 Å². The third-order valence-corrected chi connectivity index (χ3v) is 2.28. The summed E-state index contributed by atoms with van der Waals surface area (Å²) >= 11 is 0. The molecule has 1 heteroatoms. The summed E-state index contributed by atoms with van der Waals surface area (Å²) in [4.78, 5) is 4.60. The van der Waals surface area contributed by atoms with Crippen molar-refractivity contribution in [3.8, 4) is 0 Å². The van der Waals surface area contributed by atoms with Crippen molar-refractivity contribution in [2.45, 2.75) is 6.42 Å². The summed E-state index contributed by atoms with van der Waals surface area (Å²) in [6.45, 7) is 3.78. The first-order chi connectivity index (χ1) is 7.40. The Hall–Kier alpha value is -1.89. The monoisotopic (exact) mass is 195 g/mol. The molecule has 0 amide bonds. The van der Waals surface area contributed by atoms with Gasteiger partial charge in [0.25, 0.3) is 0 Å². The van der Waals surface area contributed by atoms with Gasteiger partial charge in [-0.1, -0.05) is 49.1 Å². The zero-order chi connectivity index (χ0) is 10.5. The summed E-state index contributed by atoms with van der Waals surface area (Å²) in [6, 6.07) is 8.02. The van der Waals surface area contributed by atoms with Crippen molar-refractivity contribution < 1.29 is 0 Å². The molecule has 0 radical (unpaired) electrons. The second kappa shape index (κ2) is 4.56. The first-order valence-corrected chi connectivity index (χ1v) is 5.02. The second-order valence-corrected chi connectivity index (χ2v) is 3.36. The Labute approximate surface area is 90.2 Å². The molecule has 0 spiro atoms. The van der Waals surface area contributed by atoms with E-state index in [1.54, 1.807) is 0 Å². The summed E-state index contributed by atoms with van der Waals surface area (Å²) in [6.07, 6.45) is 10.9. The molecule has 0 N–H and O–H groups in total. The summed E-state index contributed by atoms with van der Waals surface area (Å²) in [5.74, 6) is 0. The van der Waals surface area contributed by atoms with E-state index in [1.165, 1.54) is 0 Å². The zero-order valence-electron chi connectivity index (χ0n) is 8.56. The van der Waals surface area contributed by atoms with Crippen LogP contribution < -0.4 is 0 Å². The van der Waals surface area contributed by atoms with Gasteiger partial charge in [-0.3, -0.25) is 4.99 Å². The molecule has 0 bridgehead atoms. The lowest BCUT2D eigenvalue weighted by atomic mass is 10.1. The number of allylic oxidation sites excluding steroid dienone is 4. The van der Waals surface area contributed by atoms with Crippen molar-refractivity contribution in [1.82, 2.24) is 0 Å². The van der Waals surface area contributed by atoms with Crippen molar-refractivity contribution in [3.63, 3.8) is 0 Å². The average molecular weight is 195 g/mol. The maximum absolute atomic E-state index is 4.60. The maximum Gasteiger partial charge on any atom is 0.0705 e. The zero-order valence-corrected chi connectivity index (χ0v) is 8.56. The molecule has 15 heavy (non-hydrogen) atoms. The minimum Gasteiger partial charge on any atom is -0.253 e. The molecule has 0 saturated heterocycles. The van der Waals surface area contributed by atoms with E-state index < -0.39 is 0 Å². The lowest BCUT2D eigenvalue weighted by molar-refractivity contribution is 1.39. The van der Waals surface area contributed by atoms with E-state index in [0.717, 1.165) is 23.4 Å². The molecule has 1 aliphatic rings. The smallest absolute Gasteiger partial charge is 0.0705 e. The van der Waals surface area contributed by atoms with Crippen molar-refractivity contribution in [3.05, 3.63) is 60.7 Å². The molecule has 0 saturated carbocycles. The lowest BCUT2D eigenvalue weighted by Gasteiger charge is -2.04. The molecular weight excluding hydrogens is 182 g/mol. The molecule has 0 aliphatic heterocycles. The molecule has 0 unspecified atom stereocenters. The van der Waals surface area contributed by atoms with Crippen LogP contribution in [0.25, 0.3) is 6.08 Å². The third kappa shape index (κ3) is 2.32. The van der Waals surface area contributed by atoms with E-state index >= 15 is 0 Å². The Morgan fingerprint density at radius 1 is 1.20 bits per heavy atom. The Morgan fingerprint density at radius 3 is 2.80 bits per heavy atom. The Kier molecular flexibility index (Phi) is 2.93. The minimum atomic E-state index is 0.905. The van der Waals surface area contributed by atoms with Crippen molar-refractivity contribution in [1.29, 1.82) is 0 Å². The molecule has 0 aromatic heterocycles. The predicted molar refractivity (Wildman–Crippen MR) is 66.5 cm³/mol. The number of hydrogen-bond donors (Lipinski definition) is 0. The van der Waals surface area contributed by atoms with Gasteiger partial charge in [-0.15, -0.1) is 0 Å². The number of nitrogens with zero attached hydrogens (tertiary/aromatic N) is 1. The van der Waals surface area contributed by atoms with Gasteiger partial charge >= 0.3 is 0 Å². The molecule has 2 rings (SSSR count). The van der Waals surface area contributed by atoms with Crippen LogP contribution in [0.2, 0.25) is 0 Å². The number of para-hydroxylation sites is 1. The highest BCUT2D eigenvalue weighted by molar-refractivity contribution is 5.99. The maximum atomic E-state index is 4.60. The summed E-state index contributed by atoms with van der Waals surface area (Å²) in [7, 11) is 0. The molecular formula is C14H13N. The molecule has 0 fully saturated rings. The molecule has 1 nitrogen and oxygen atoms in total. The number of hydrogen-bond acceptors (Lipinski definition) is 1. The van der Waals surface area contributed by atoms with E-state index in [9.17, 15) is 0 Å².